The van der Waals surface area contributed by atoms with Crippen molar-refractivity contribution in [2.45, 2.75) is 26.9 Å². The van der Waals surface area contributed by atoms with Gasteiger partial charge in [-0.2, -0.15) is 0 Å². The number of carbonyl (C=O) groups excluding carboxylic acids is 3. The molecule has 0 bridgehead atoms. The lowest BCUT2D eigenvalue weighted by atomic mass is 10.2. The van der Waals surface area contributed by atoms with Gasteiger partial charge < -0.3 is 15.5 Å². The quantitative estimate of drug-likeness (QED) is 0.748. The molecule has 0 spiro atoms. The maximum Gasteiger partial charge on any atom is 0.313 e. The molecule has 3 amide bonds. The second kappa shape index (κ2) is 9.73. The number of rotatable bonds is 6. The normalized spacial score (nSPS) is 10.2. The minimum atomic E-state index is -0.750. The van der Waals surface area contributed by atoms with E-state index in [4.69, 9.17) is 11.6 Å². The Morgan fingerprint density at radius 1 is 1.00 bits per heavy atom. The molecular formula is C20H22ClN3O3. The fourth-order valence-corrected chi connectivity index (χ4v) is 2.59. The molecule has 7 heteroatoms. The maximum atomic E-state index is 12.1. The van der Waals surface area contributed by atoms with Gasteiger partial charge in [-0.25, -0.2) is 0 Å². The molecule has 27 heavy (non-hydrogen) atoms. The molecule has 0 aliphatic rings. The number of nitrogens with zero attached hydrogens (tertiary/aromatic N) is 1. The zero-order valence-electron chi connectivity index (χ0n) is 15.3. The van der Waals surface area contributed by atoms with Crippen molar-refractivity contribution in [2.24, 2.45) is 0 Å². The molecule has 6 nitrogen and oxygen atoms in total. The summed E-state index contributed by atoms with van der Waals surface area (Å²) in [6.45, 7) is 4.68. The molecule has 0 aliphatic carbocycles. The first-order chi connectivity index (χ1) is 12.9. The van der Waals surface area contributed by atoms with E-state index in [0.29, 0.717) is 23.8 Å². The summed E-state index contributed by atoms with van der Waals surface area (Å²) in [5.74, 6) is -1.50. The Bertz CT molecular complexity index is 821. The summed E-state index contributed by atoms with van der Waals surface area (Å²) in [6.07, 6.45) is 0. The summed E-state index contributed by atoms with van der Waals surface area (Å²) in [7, 11) is 0. The van der Waals surface area contributed by atoms with E-state index in [9.17, 15) is 14.4 Å². The highest BCUT2D eigenvalue weighted by molar-refractivity contribution is 6.39. The average Bonchev–Trinajstić information content (AvgIpc) is 2.65. The van der Waals surface area contributed by atoms with Gasteiger partial charge in [0.15, 0.2) is 0 Å². The lowest BCUT2D eigenvalue weighted by molar-refractivity contribution is -0.136. The maximum absolute atomic E-state index is 12.1. The Hall–Kier alpha value is -2.86. The first-order valence-electron chi connectivity index (χ1n) is 8.57. The van der Waals surface area contributed by atoms with Gasteiger partial charge in [0, 0.05) is 37.3 Å². The van der Waals surface area contributed by atoms with Crippen LogP contribution in [-0.2, 0) is 27.5 Å². The summed E-state index contributed by atoms with van der Waals surface area (Å²) < 4.78 is 0. The zero-order valence-corrected chi connectivity index (χ0v) is 16.0. The van der Waals surface area contributed by atoms with Gasteiger partial charge in [-0.1, -0.05) is 35.9 Å². The van der Waals surface area contributed by atoms with E-state index in [1.807, 2.05) is 13.0 Å². The molecule has 2 N–H and O–H groups in total. The highest BCUT2D eigenvalue weighted by atomic mass is 35.5. The molecule has 0 heterocycles. The minimum absolute atomic E-state index is 0.0199. The Balaban J connectivity index is 1.92. The van der Waals surface area contributed by atoms with Crippen LogP contribution in [0.5, 0.6) is 0 Å². The molecule has 0 saturated carbocycles. The van der Waals surface area contributed by atoms with E-state index in [1.165, 1.54) is 6.92 Å². The molecule has 0 aliphatic heterocycles. The topological polar surface area (TPSA) is 78.5 Å². The van der Waals surface area contributed by atoms with Crippen molar-refractivity contribution in [1.29, 1.82) is 0 Å². The molecule has 0 fully saturated rings. The van der Waals surface area contributed by atoms with Gasteiger partial charge in [0.2, 0.25) is 5.91 Å². The van der Waals surface area contributed by atoms with Gasteiger partial charge in [-0.15, -0.1) is 0 Å². The molecule has 142 valence electrons. The number of hydrogen-bond acceptors (Lipinski definition) is 3. The van der Waals surface area contributed by atoms with Crippen LogP contribution < -0.4 is 10.6 Å². The summed E-state index contributed by atoms with van der Waals surface area (Å²) in [6, 6.07) is 14.1. The van der Waals surface area contributed by atoms with Crippen LogP contribution in [0.4, 0.5) is 5.69 Å². The smallest absolute Gasteiger partial charge is 0.313 e. The van der Waals surface area contributed by atoms with E-state index >= 15 is 0 Å². The first-order valence-corrected chi connectivity index (χ1v) is 8.95. The number of amides is 3. The van der Waals surface area contributed by atoms with Gasteiger partial charge >= 0.3 is 11.8 Å². The van der Waals surface area contributed by atoms with Crippen LogP contribution in [0, 0.1) is 0 Å². The Labute approximate surface area is 163 Å². The van der Waals surface area contributed by atoms with Crippen LogP contribution in [0.25, 0.3) is 0 Å². The number of anilines is 1. The SMILES string of the molecule is CCN(Cc1cccc(NC(=O)C(=O)NCc2ccc(Cl)cc2)c1)C(C)=O. The third-order valence-corrected chi connectivity index (χ3v) is 4.21. The van der Waals surface area contributed by atoms with Gasteiger partial charge in [0.25, 0.3) is 0 Å². The summed E-state index contributed by atoms with van der Waals surface area (Å²) in [4.78, 5) is 37.3. The highest BCUT2D eigenvalue weighted by Crippen LogP contribution is 2.13. The van der Waals surface area contributed by atoms with E-state index < -0.39 is 11.8 Å². The van der Waals surface area contributed by atoms with Crippen molar-refractivity contribution in [3.63, 3.8) is 0 Å². The van der Waals surface area contributed by atoms with Crippen molar-refractivity contribution in [2.75, 3.05) is 11.9 Å². The van der Waals surface area contributed by atoms with Crippen LogP contribution in [-0.4, -0.2) is 29.2 Å². The molecular weight excluding hydrogens is 366 g/mol. The molecule has 2 aromatic rings. The van der Waals surface area contributed by atoms with Gasteiger partial charge in [-0.05, 0) is 42.3 Å². The van der Waals surface area contributed by atoms with Crippen LogP contribution >= 0.6 is 11.6 Å². The number of nitrogens with one attached hydrogen (secondary N) is 2. The number of benzene rings is 2. The highest BCUT2D eigenvalue weighted by Gasteiger charge is 2.14. The Morgan fingerprint density at radius 2 is 1.70 bits per heavy atom. The molecule has 0 radical (unpaired) electrons. The van der Waals surface area contributed by atoms with Crippen LogP contribution in [0.1, 0.15) is 25.0 Å². The third-order valence-electron chi connectivity index (χ3n) is 3.96. The van der Waals surface area contributed by atoms with Crippen molar-refractivity contribution < 1.29 is 14.4 Å². The van der Waals surface area contributed by atoms with Gasteiger partial charge in [0.1, 0.15) is 0 Å². The van der Waals surface area contributed by atoms with E-state index in [1.54, 1.807) is 47.4 Å². The van der Waals surface area contributed by atoms with E-state index in [2.05, 4.69) is 10.6 Å². The number of hydrogen-bond donors (Lipinski definition) is 2. The molecule has 0 saturated heterocycles. The lowest BCUT2D eigenvalue weighted by Gasteiger charge is -2.19. The monoisotopic (exact) mass is 387 g/mol. The Kier molecular flexibility index (Phi) is 7.37. The average molecular weight is 388 g/mol. The standard InChI is InChI=1S/C20H22ClN3O3/c1-3-24(14(2)25)13-16-5-4-6-18(11-16)23-20(27)19(26)22-12-15-7-9-17(21)10-8-15/h4-11H,3,12-13H2,1-2H3,(H,22,26)(H,23,27). The predicted octanol–water partition coefficient (Wildman–Crippen LogP) is 2.96. The molecule has 0 aromatic heterocycles. The number of carbonyl (C=O) groups is 3. The first kappa shape index (κ1) is 20.5. The van der Waals surface area contributed by atoms with E-state index in [0.717, 1.165) is 11.1 Å². The largest absolute Gasteiger partial charge is 0.344 e. The summed E-state index contributed by atoms with van der Waals surface area (Å²) in [5, 5.41) is 5.74. The summed E-state index contributed by atoms with van der Waals surface area (Å²) in [5.41, 5.74) is 2.21. The Morgan fingerprint density at radius 3 is 2.33 bits per heavy atom. The van der Waals surface area contributed by atoms with Gasteiger partial charge in [0.05, 0.1) is 0 Å². The predicted molar refractivity (Wildman–Crippen MR) is 105 cm³/mol. The summed E-state index contributed by atoms with van der Waals surface area (Å²) >= 11 is 5.81. The lowest BCUT2D eigenvalue weighted by Crippen LogP contribution is -2.35. The minimum Gasteiger partial charge on any atom is -0.344 e. The second-order valence-electron chi connectivity index (χ2n) is 6.00. The van der Waals surface area contributed by atoms with Crippen molar-refractivity contribution >= 4 is 35.0 Å². The van der Waals surface area contributed by atoms with Crippen molar-refractivity contribution in [3.8, 4) is 0 Å². The van der Waals surface area contributed by atoms with E-state index in [-0.39, 0.29) is 12.5 Å². The van der Waals surface area contributed by atoms with Gasteiger partial charge in [-0.3, -0.25) is 14.4 Å². The van der Waals surface area contributed by atoms with Crippen molar-refractivity contribution in [1.82, 2.24) is 10.2 Å². The fourth-order valence-electron chi connectivity index (χ4n) is 2.47. The zero-order chi connectivity index (χ0) is 19.8. The third kappa shape index (κ3) is 6.42. The molecule has 2 aromatic carbocycles. The van der Waals surface area contributed by atoms with Crippen LogP contribution in [0.2, 0.25) is 5.02 Å². The molecule has 0 unspecified atom stereocenters. The van der Waals surface area contributed by atoms with Crippen LogP contribution in [0.3, 0.4) is 0 Å². The fraction of sp³-hybridized carbons (Fsp3) is 0.250. The van der Waals surface area contributed by atoms with Crippen molar-refractivity contribution in [3.05, 3.63) is 64.7 Å². The number of halogens is 1. The van der Waals surface area contributed by atoms with Crippen LogP contribution in [0.15, 0.2) is 48.5 Å². The second-order valence-corrected chi connectivity index (χ2v) is 6.43. The molecule has 2 rings (SSSR count). The molecule has 0 atom stereocenters.